The normalized spacial score (nSPS) is 10.4. The first-order valence-electron chi connectivity index (χ1n) is 5.18. The molecule has 0 radical (unpaired) electrons. The maximum absolute atomic E-state index is 5.62. The highest BCUT2D eigenvalue weighted by Gasteiger charge is 2.05. The Hall–Kier alpha value is -1.32. The lowest BCUT2D eigenvalue weighted by molar-refractivity contribution is 0.414. The molecule has 0 amide bonds. The van der Waals surface area contributed by atoms with Gasteiger partial charge in [-0.2, -0.15) is 0 Å². The molecule has 1 aromatic heterocycles. The van der Waals surface area contributed by atoms with E-state index in [-0.39, 0.29) is 0 Å². The fraction of sp³-hybridized carbons (Fsp3) is 0.231. The van der Waals surface area contributed by atoms with Gasteiger partial charge in [-0.15, -0.1) is 11.3 Å². The van der Waals surface area contributed by atoms with Crippen molar-refractivity contribution >= 4 is 11.3 Å². The predicted molar refractivity (Wildman–Crippen MR) is 68.9 cm³/mol. The zero-order valence-corrected chi connectivity index (χ0v) is 10.3. The number of aryl methyl sites for hydroxylation is 1. The van der Waals surface area contributed by atoms with E-state index in [9.17, 15) is 0 Å². The predicted octanol–water partition coefficient (Wildman–Crippen LogP) is 3.19. The fourth-order valence-electron chi connectivity index (χ4n) is 1.67. The molecule has 2 nitrogen and oxygen atoms in total. The van der Waals surface area contributed by atoms with Gasteiger partial charge in [0.15, 0.2) is 0 Å². The number of thiophene rings is 1. The highest BCUT2D eigenvalue weighted by Crippen LogP contribution is 2.32. The second kappa shape index (κ2) is 4.68. The topological polar surface area (TPSA) is 35.2 Å². The molecular formula is C13H15NOS. The highest BCUT2D eigenvalue weighted by atomic mass is 32.1. The van der Waals surface area contributed by atoms with E-state index >= 15 is 0 Å². The van der Waals surface area contributed by atoms with E-state index in [2.05, 4.69) is 31.2 Å². The molecule has 0 aliphatic rings. The summed E-state index contributed by atoms with van der Waals surface area (Å²) in [5.74, 6) is 0.900. The Morgan fingerprint density at radius 3 is 2.62 bits per heavy atom. The van der Waals surface area contributed by atoms with Crippen LogP contribution in [0.5, 0.6) is 5.75 Å². The number of hydrogen-bond acceptors (Lipinski definition) is 3. The smallest absolute Gasteiger partial charge is 0.119 e. The van der Waals surface area contributed by atoms with E-state index in [0.29, 0.717) is 6.54 Å². The van der Waals surface area contributed by atoms with Crippen LogP contribution in [0.3, 0.4) is 0 Å². The quantitative estimate of drug-likeness (QED) is 0.883. The molecule has 0 aliphatic carbocycles. The highest BCUT2D eigenvalue weighted by molar-refractivity contribution is 7.15. The van der Waals surface area contributed by atoms with Gasteiger partial charge < -0.3 is 10.5 Å². The maximum Gasteiger partial charge on any atom is 0.119 e. The van der Waals surface area contributed by atoms with Crippen LogP contribution >= 0.6 is 11.3 Å². The number of rotatable bonds is 3. The Kier molecular flexibility index (Phi) is 3.27. The van der Waals surface area contributed by atoms with Crippen molar-refractivity contribution in [2.75, 3.05) is 7.11 Å². The molecule has 0 spiro atoms. The van der Waals surface area contributed by atoms with Crippen LogP contribution in [0.1, 0.15) is 10.4 Å². The minimum absolute atomic E-state index is 0.611. The van der Waals surface area contributed by atoms with Crippen LogP contribution in [0, 0.1) is 6.92 Å². The average molecular weight is 233 g/mol. The van der Waals surface area contributed by atoms with Gasteiger partial charge in [0.05, 0.1) is 7.11 Å². The first-order valence-corrected chi connectivity index (χ1v) is 6.00. The third kappa shape index (κ3) is 2.10. The molecule has 3 heteroatoms. The molecule has 0 bridgehead atoms. The van der Waals surface area contributed by atoms with Gasteiger partial charge in [-0.3, -0.25) is 0 Å². The van der Waals surface area contributed by atoms with Crippen LogP contribution in [0.15, 0.2) is 30.3 Å². The van der Waals surface area contributed by atoms with Gasteiger partial charge >= 0.3 is 0 Å². The fourth-order valence-corrected chi connectivity index (χ4v) is 2.65. The number of benzene rings is 1. The Balaban J connectivity index is 2.40. The number of nitrogens with two attached hydrogens (primary N) is 1. The number of hydrogen-bond donors (Lipinski definition) is 1. The van der Waals surface area contributed by atoms with Crippen LogP contribution in [0.4, 0.5) is 0 Å². The molecular weight excluding hydrogens is 218 g/mol. The largest absolute Gasteiger partial charge is 0.497 e. The molecule has 0 saturated heterocycles. The van der Waals surface area contributed by atoms with Gasteiger partial charge in [0.1, 0.15) is 5.75 Å². The molecule has 0 unspecified atom stereocenters. The molecule has 0 atom stereocenters. The van der Waals surface area contributed by atoms with Crippen LogP contribution in [-0.2, 0) is 6.54 Å². The Morgan fingerprint density at radius 1 is 1.25 bits per heavy atom. The van der Waals surface area contributed by atoms with E-state index in [1.165, 1.54) is 20.9 Å². The Morgan fingerprint density at radius 2 is 2.06 bits per heavy atom. The van der Waals surface area contributed by atoms with Crippen molar-refractivity contribution in [1.82, 2.24) is 0 Å². The van der Waals surface area contributed by atoms with Gasteiger partial charge in [-0.1, -0.05) is 0 Å². The molecule has 16 heavy (non-hydrogen) atoms. The van der Waals surface area contributed by atoms with E-state index in [1.54, 1.807) is 18.4 Å². The van der Waals surface area contributed by atoms with Crippen LogP contribution in [-0.4, -0.2) is 7.11 Å². The van der Waals surface area contributed by atoms with Crippen molar-refractivity contribution in [1.29, 1.82) is 0 Å². The summed E-state index contributed by atoms with van der Waals surface area (Å²) in [6.07, 6.45) is 0. The van der Waals surface area contributed by atoms with E-state index < -0.39 is 0 Å². The number of ether oxygens (including phenoxy) is 1. The van der Waals surface area contributed by atoms with E-state index in [4.69, 9.17) is 10.5 Å². The summed E-state index contributed by atoms with van der Waals surface area (Å²) in [5.41, 5.74) is 8.10. The van der Waals surface area contributed by atoms with E-state index in [1.807, 2.05) is 6.07 Å². The van der Waals surface area contributed by atoms with Crippen molar-refractivity contribution in [3.8, 4) is 16.2 Å². The molecule has 2 aromatic rings. The second-order valence-electron chi connectivity index (χ2n) is 3.65. The summed E-state index contributed by atoms with van der Waals surface area (Å²) in [6.45, 7) is 2.71. The lowest BCUT2D eigenvalue weighted by atomic mass is 10.1. The molecule has 84 valence electrons. The van der Waals surface area contributed by atoms with Crippen molar-refractivity contribution in [2.45, 2.75) is 13.5 Å². The van der Waals surface area contributed by atoms with E-state index in [0.717, 1.165) is 5.75 Å². The number of methoxy groups -OCH3 is 1. The van der Waals surface area contributed by atoms with Gasteiger partial charge in [-0.05, 0) is 48.4 Å². The molecule has 0 saturated carbocycles. The summed E-state index contributed by atoms with van der Waals surface area (Å²) >= 11 is 1.75. The molecule has 2 N–H and O–H groups in total. The minimum atomic E-state index is 0.611. The summed E-state index contributed by atoms with van der Waals surface area (Å²) < 4.78 is 5.20. The molecule has 2 rings (SSSR count). The Labute approximate surface area is 99.7 Å². The summed E-state index contributed by atoms with van der Waals surface area (Å²) in [6, 6.07) is 10.4. The zero-order chi connectivity index (χ0) is 11.5. The van der Waals surface area contributed by atoms with Crippen LogP contribution in [0.2, 0.25) is 0 Å². The molecule has 0 aliphatic heterocycles. The monoisotopic (exact) mass is 233 g/mol. The van der Waals surface area contributed by atoms with Crippen LogP contribution < -0.4 is 10.5 Å². The van der Waals surface area contributed by atoms with Gasteiger partial charge in [0.2, 0.25) is 0 Å². The average Bonchev–Trinajstić information content (AvgIpc) is 2.77. The molecule has 1 aromatic carbocycles. The van der Waals surface area contributed by atoms with Gasteiger partial charge in [0, 0.05) is 16.3 Å². The summed E-state index contributed by atoms with van der Waals surface area (Å²) in [4.78, 5) is 2.48. The summed E-state index contributed by atoms with van der Waals surface area (Å²) in [7, 11) is 1.69. The third-order valence-electron chi connectivity index (χ3n) is 2.56. The first-order chi connectivity index (χ1) is 7.74. The Bertz CT molecular complexity index is 490. The van der Waals surface area contributed by atoms with Crippen molar-refractivity contribution in [3.05, 3.63) is 40.8 Å². The second-order valence-corrected chi connectivity index (χ2v) is 4.82. The lowest BCUT2D eigenvalue weighted by Crippen LogP contribution is -1.91. The summed E-state index contributed by atoms with van der Waals surface area (Å²) in [5, 5.41) is 0. The zero-order valence-electron chi connectivity index (χ0n) is 9.49. The standard InChI is InChI=1S/C13H15NOS/c1-9-7-10(15-2)3-5-12(9)13-6-4-11(8-14)16-13/h3-7H,8,14H2,1-2H3. The van der Waals surface area contributed by atoms with Crippen molar-refractivity contribution in [2.24, 2.45) is 5.73 Å². The van der Waals surface area contributed by atoms with Gasteiger partial charge in [-0.25, -0.2) is 0 Å². The SMILES string of the molecule is COc1ccc(-c2ccc(CN)s2)c(C)c1. The lowest BCUT2D eigenvalue weighted by Gasteiger charge is -2.06. The maximum atomic E-state index is 5.62. The van der Waals surface area contributed by atoms with Crippen molar-refractivity contribution in [3.63, 3.8) is 0 Å². The van der Waals surface area contributed by atoms with Crippen LogP contribution in [0.25, 0.3) is 10.4 Å². The first kappa shape index (κ1) is 11.2. The third-order valence-corrected chi connectivity index (χ3v) is 3.70. The molecule has 0 fully saturated rings. The minimum Gasteiger partial charge on any atom is -0.497 e. The van der Waals surface area contributed by atoms with Gasteiger partial charge in [0.25, 0.3) is 0 Å². The molecule has 1 heterocycles. The van der Waals surface area contributed by atoms with Crippen molar-refractivity contribution < 1.29 is 4.74 Å².